The zero-order valence-corrected chi connectivity index (χ0v) is 13.1. The predicted octanol–water partition coefficient (Wildman–Crippen LogP) is 4.07. The van der Waals surface area contributed by atoms with Crippen LogP contribution in [0.3, 0.4) is 0 Å². The smallest absolute Gasteiger partial charge is 0.339 e. The second kappa shape index (κ2) is 5.49. The first-order chi connectivity index (χ1) is 11.7. The van der Waals surface area contributed by atoms with Crippen molar-refractivity contribution in [3.05, 3.63) is 76.9 Å². The van der Waals surface area contributed by atoms with Crippen LogP contribution in [0, 0.1) is 6.92 Å². The topological polar surface area (TPSA) is 55.4 Å². The molecular weight excluding hydrogens is 302 g/mol. The highest BCUT2D eigenvalue weighted by molar-refractivity contribution is 6.14. The Labute approximate surface area is 139 Å². The van der Waals surface area contributed by atoms with Crippen LogP contribution in [0.2, 0.25) is 0 Å². The van der Waals surface area contributed by atoms with Crippen LogP contribution in [0.25, 0.3) is 10.8 Å². The molecule has 4 rings (SSSR count). The van der Waals surface area contributed by atoms with E-state index in [1.807, 2.05) is 49.4 Å². The number of fused-ring (bicyclic) bond motifs is 3. The third kappa shape index (κ3) is 2.15. The van der Waals surface area contributed by atoms with Crippen molar-refractivity contribution in [2.75, 3.05) is 5.32 Å². The number of cyclic esters (lactones) is 1. The minimum atomic E-state index is -0.337. The molecule has 0 spiro atoms. The van der Waals surface area contributed by atoms with E-state index in [0.29, 0.717) is 16.8 Å². The fourth-order valence-corrected chi connectivity index (χ4v) is 3.21. The Hall–Kier alpha value is -3.14. The summed E-state index contributed by atoms with van der Waals surface area (Å²) in [6, 6.07) is 16.7. The second-order valence-electron chi connectivity index (χ2n) is 5.80. The molecule has 0 saturated carbocycles. The maximum absolute atomic E-state index is 12.5. The maximum Gasteiger partial charge on any atom is 0.339 e. The van der Waals surface area contributed by atoms with Gasteiger partial charge in [0.1, 0.15) is 6.61 Å². The molecule has 3 aromatic carbocycles. The first-order valence-corrected chi connectivity index (χ1v) is 7.74. The molecule has 3 aromatic rings. The third-order valence-corrected chi connectivity index (χ3v) is 4.41. The van der Waals surface area contributed by atoms with Crippen LogP contribution in [0.5, 0.6) is 0 Å². The van der Waals surface area contributed by atoms with Crippen LogP contribution in [-0.2, 0) is 11.3 Å². The summed E-state index contributed by atoms with van der Waals surface area (Å²) in [6.07, 6.45) is 0. The monoisotopic (exact) mass is 317 g/mol. The Morgan fingerprint density at radius 2 is 1.67 bits per heavy atom. The average molecular weight is 317 g/mol. The number of hydrogen-bond donors (Lipinski definition) is 1. The molecule has 1 amide bonds. The van der Waals surface area contributed by atoms with E-state index in [-0.39, 0.29) is 18.5 Å². The maximum atomic E-state index is 12.5. The molecule has 1 heterocycles. The molecule has 0 atom stereocenters. The standard InChI is InChI=1S/C20H15NO3/c1-12-14-9-5-6-10-15(14)17-16(11-24-20(17)23)18(12)21-19(22)13-7-3-2-4-8-13/h2-10H,11H2,1H3,(H,21,22). The number of rotatable bonds is 2. The Balaban J connectivity index is 1.89. The Bertz CT molecular complexity index is 977. The zero-order chi connectivity index (χ0) is 16.7. The van der Waals surface area contributed by atoms with Crippen molar-refractivity contribution >= 4 is 28.3 Å². The summed E-state index contributed by atoms with van der Waals surface area (Å²) in [5.74, 6) is -0.535. The third-order valence-electron chi connectivity index (χ3n) is 4.41. The number of anilines is 1. The van der Waals surface area contributed by atoms with Gasteiger partial charge in [-0.2, -0.15) is 0 Å². The van der Waals surface area contributed by atoms with Crippen molar-refractivity contribution in [2.24, 2.45) is 0 Å². The number of carbonyl (C=O) groups is 2. The molecule has 0 bridgehead atoms. The summed E-state index contributed by atoms with van der Waals surface area (Å²) in [7, 11) is 0. The Morgan fingerprint density at radius 1 is 1.00 bits per heavy atom. The van der Waals surface area contributed by atoms with Crippen molar-refractivity contribution in [2.45, 2.75) is 13.5 Å². The molecule has 0 aromatic heterocycles. The van der Waals surface area contributed by atoms with E-state index in [0.717, 1.165) is 21.9 Å². The van der Waals surface area contributed by atoms with Gasteiger partial charge in [0, 0.05) is 11.1 Å². The van der Waals surface area contributed by atoms with Gasteiger partial charge < -0.3 is 10.1 Å². The predicted molar refractivity (Wildman–Crippen MR) is 92.2 cm³/mol. The lowest BCUT2D eigenvalue weighted by atomic mass is 9.94. The fourth-order valence-electron chi connectivity index (χ4n) is 3.21. The summed E-state index contributed by atoms with van der Waals surface area (Å²) >= 11 is 0. The van der Waals surface area contributed by atoms with Gasteiger partial charge in [-0.25, -0.2) is 4.79 Å². The highest BCUT2D eigenvalue weighted by atomic mass is 16.5. The van der Waals surface area contributed by atoms with Gasteiger partial charge in [-0.3, -0.25) is 4.79 Å². The Morgan fingerprint density at radius 3 is 2.42 bits per heavy atom. The number of esters is 1. The fraction of sp³-hybridized carbons (Fsp3) is 0.100. The van der Waals surface area contributed by atoms with Crippen LogP contribution >= 0.6 is 0 Å². The number of hydrogen-bond acceptors (Lipinski definition) is 3. The molecule has 24 heavy (non-hydrogen) atoms. The van der Waals surface area contributed by atoms with Gasteiger partial charge in [0.25, 0.3) is 5.91 Å². The molecule has 1 N–H and O–H groups in total. The quantitative estimate of drug-likeness (QED) is 0.725. The van der Waals surface area contributed by atoms with Gasteiger partial charge in [0.05, 0.1) is 11.3 Å². The van der Waals surface area contributed by atoms with Crippen molar-refractivity contribution in [3.63, 3.8) is 0 Å². The minimum Gasteiger partial charge on any atom is -0.457 e. The lowest BCUT2D eigenvalue weighted by Gasteiger charge is -2.15. The van der Waals surface area contributed by atoms with Crippen LogP contribution in [-0.4, -0.2) is 11.9 Å². The molecule has 0 radical (unpaired) electrons. The molecule has 1 aliphatic rings. The van der Waals surface area contributed by atoms with Crippen molar-refractivity contribution < 1.29 is 14.3 Å². The molecule has 0 fully saturated rings. The molecule has 4 heteroatoms. The average Bonchev–Trinajstić information content (AvgIpc) is 3.01. The minimum absolute atomic E-state index is 0.185. The largest absolute Gasteiger partial charge is 0.457 e. The Kier molecular flexibility index (Phi) is 3.31. The SMILES string of the molecule is Cc1c(NC(=O)c2ccccc2)c2c(c3ccccc13)C(=O)OC2. The van der Waals surface area contributed by atoms with Crippen molar-refractivity contribution in [1.29, 1.82) is 0 Å². The first kappa shape index (κ1) is 14.5. The van der Waals surface area contributed by atoms with E-state index in [9.17, 15) is 9.59 Å². The zero-order valence-electron chi connectivity index (χ0n) is 13.1. The second-order valence-corrected chi connectivity index (χ2v) is 5.80. The lowest BCUT2D eigenvalue weighted by Crippen LogP contribution is -2.14. The van der Waals surface area contributed by atoms with Crippen LogP contribution in [0.1, 0.15) is 31.8 Å². The molecule has 0 aliphatic carbocycles. The van der Waals surface area contributed by atoms with E-state index in [1.54, 1.807) is 12.1 Å². The summed E-state index contributed by atoms with van der Waals surface area (Å²) in [6.45, 7) is 2.14. The van der Waals surface area contributed by atoms with Gasteiger partial charge in [0.2, 0.25) is 0 Å². The highest BCUT2D eigenvalue weighted by Gasteiger charge is 2.29. The van der Waals surface area contributed by atoms with Crippen LogP contribution in [0.15, 0.2) is 54.6 Å². The van der Waals surface area contributed by atoms with Gasteiger partial charge in [0.15, 0.2) is 0 Å². The molecule has 0 saturated heterocycles. The molecule has 4 nitrogen and oxygen atoms in total. The summed E-state index contributed by atoms with van der Waals surface area (Å²) in [4.78, 5) is 24.7. The van der Waals surface area contributed by atoms with Gasteiger partial charge in [-0.05, 0) is 35.4 Å². The summed E-state index contributed by atoms with van der Waals surface area (Å²) in [5.41, 5.74) is 3.49. The van der Waals surface area contributed by atoms with Gasteiger partial charge >= 0.3 is 5.97 Å². The lowest BCUT2D eigenvalue weighted by molar-refractivity contribution is 0.0537. The summed E-state index contributed by atoms with van der Waals surface area (Å²) < 4.78 is 5.22. The van der Waals surface area contributed by atoms with E-state index >= 15 is 0 Å². The van der Waals surface area contributed by atoms with Gasteiger partial charge in [-0.15, -0.1) is 0 Å². The van der Waals surface area contributed by atoms with E-state index < -0.39 is 0 Å². The molecule has 0 unspecified atom stereocenters. The van der Waals surface area contributed by atoms with Crippen molar-refractivity contribution in [1.82, 2.24) is 0 Å². The highest BCUT2D eigenvalue weighted by Crippen LogP contribution is 2.38. The van der Waals surface area contributed by atoms with Gasteiger partial charge in [-0.1, -0.05) is 42.5 Å². The number of nitrogens with one attached hydrogen (secondary N) is 1. The number of aryl methyl sites for hydroxylation is 1. The number of amides is 1. The van der Waals surface area contributed by atoms with E-state index in [1.165, 1.54) is 0 Å². The number of ether oxygens (including phenoxy) is 1. The molecule has 1 aliphatic heterocycles. The number of carbonyl (C=O) groups excluding carboxylic acids is 2. The van der Waals surface area contributed by atoms with Crippen LogP contribution in [0.4, 0.5) is 5.69 Å². The number of benzene rings is 3. The van der Waals surface area contributed by atoms with Crippen LogP contribution < -0.4 is 5.32 Å². The molecule has 118 valence electrons. The van der Waals surface area contributed by atoms with E-state index in [2.05, 4.69) is 5.32 Å². The molecular formula is C20H15NO3. The van der Waals surface area contributed by atoms with Crippen molar-refractivity contribution in [3.8, 4) is 0 Å². The first-order valence-electron chi connectivity index (χ1n) is 7.74. The summed E-state index contributed by atoms with van der Waals surface area (Å²) in [5, 5.41) is 4.78. The van der Waals surface area contributed by atoms with E-state index in [4.69, 9.17) is 4.74 Å². The normalized spacial score (nSPS) is 12.8.